The van der Waals surface area contributed by atoms with Gasteiger partial charge in [0.15, 0.2) is 5.13 Å². The third kappa shape index (κ3) is 4.62. The van der Waals surface area contributed by atoms with Crippen LogP contribution < -0.4 is 15.6 Å². The summed E-state index contributed by atoms with van der Waals surface area (Å²) in [6.45, 7) is -1.43. The molecule has 0 aliphatic carbocycles. The van der Waals surface area contributed by atoms with Gasteiger partial charge in [0, 0.05) is 10.4 Å². The Bertz CT molecular complexity index is 1350. The van der Waals surface area contributed by atoms with Crippen LogP contribution in [-0.2, 0) is 11.3 Å². The van der Waals surface area contributed by atoms with Crippen LogP contribution in [0.5, 0.6) is 5.75 Å². The van der Waals surface area contributed by atoms with E-state index in [1.54, 1.807) is 19.1 Å². The first kappa shape index (κ1) is 21.5. The molecule has 32 heavy (non-hydrogen) atoms. The first-order valence-electron chi connectivity index (χ1n) is 9.27. The highest BCUT2D eigenvalue weighted by atomic mass is 32.1. The molecule has 2 aromatic carbocycles. The molecule has 2 aromatic heterocycles. The van der Waals surface area contributed by atoms with Crippen molar-refractivity contribution in [3.05, 3.63) is 69.8 Å². The lowest BCUT2D eigenvalue weighted by molar-refractivity contribution is -0.116. The molecule has 0 aliphatic heterocycles. The average molecular weight is 460 g/mol. The minimum absolute atomic E-state index is 0.0273. The molecule has 0 saturated carbocycles. The van der Waals surface area contributed by atoms with Crippen molar-refractivity contribution in [2.75, 3.05) is 5.32 Å². The third-order valence-electron chi connectivity index (χ3n) is 4.50. The van der Waals surface area contributed by atoms with E-state index in [1.807, 2.05) is 0 Å². The summed E-state index contributed by atoms with van der Waals surface area (Å²) in [6, 6.07) is 9.65. The molecule has 7 nitrogen and oxygen atoms in total. The van der Waals surface area contributed by atoms with Crippen LogP contribution in [0.15, 0.2) is 53.6 Å². The number of amides is 1. The molecule has 0 unspecified atom stereocenters. The van der Waals surface area contributed by atoms with Gasteiger partial charge in [-0.2, -0.15) is 8.78 Å². The number of fused-ring (bicyclic) bond motifs is 1. The number of nitrogens with one attached hydrogen (secondary N) is 1. The lowest BCUT2D eigenvalue weighted by Crippen LogP contribution is -2.27. The molecule has 0 saturated heterocycles. The van der Waals surface area contributed by atoms with E-state index in [2.05, 4.69) is 20.0 Å². The predicted molar refractivity (Wildman–Crippen MR) is 114 cm³/mol. The summed E-state index contributed by atoms with van der Waals surface area (Å²) in [5.41, 5.74) is 1.04. The molecule has 4 aromatic rings. The molecular weight excluding hydrogens is 445 g/mol. The maximum absolute atomic E-state index is 13.5. The SMILES string of the molecule is Cc1sc(NC(=O)Cn2cnc3ccc(F)cc3c2=O)nc1-c1ccc(OC(F)F)cc1. The van der Waals surface area contributed by atoms with E-state index < -0.39 is 23.9 Å². The number of ether oxygens (including phenoxy) is 1. The molecule has 0 bridgehead atoms. The Hall–Kier alpha value is -3.73. The first-order chi connectivity index (χ1) is 15.3. The number of alkyl halides is 2. The van der Waals surface area contributed by atoms with Crippen LogP contribution in [-0.4, -0.2) is 27.1 Å². The number of anilines is 1. The van der Waals surface area contributed by atoms with E-state index in [0.717, 1.165) is 15.5 Å². The summed E-state index contributed by atoms with van der Waals surface area (Å²) >= 11 is 1.22. The predicted octanol–water partition coefficient (Wildman–Crippen LogP) is 4.21. The Morgan fingerprint density at radius 1 is 1.22 bits per heavy atom. The lowest BCUT2D eigenvalue weighted by atomic mass is 10.1. The molecule has 1 N–H and O–H groups in total. The Morgan fingerprint density at radius 2 is 1.97 bits per heavy atom. The molecule has 4 rings (SSSR count). The maximum Gasteiger partial charge on any atom is 0.387 e. The molecule has 1 amide bonds. The Kier molecular flexibility index (Phi) is 5.91. The Morgan fingerprint density at radius 3 is 2.69 bits per heavy atom. The highest BCUT2D eigenvalue weighted by molar-refractivity contribution is 7.16. The van der Waals surface area contributed by atoms with Crippen molar-refractivity contribution < 1.29 is 22.7 Å². The maximum atomic E-state index is 13.5. The first-order valence-corrected chi connectivity index (χ1v) is 10.1. The van der Waals surface area contributed by atoms with E-state index in [-0.39, 0.29) is 17.7 Å². The summed E-state index contributed by atoms with van der Waals surface area (Å²) in [7, 11) is 0. The summed E-state index contributed by atoms with van der Waals surface area (Å²) in [5, 5.41) is 3.01. The van der Waals surface area contributed by atoms with Gasteiger partial charge in [0.05, 0.1) is 22.9 Å². The van der Waals surface area contributed by atoms with Crippen molar-refractivity contribution in [2.45, 2.75) is 20.1 Å². The van der Waals surface area contributed by atoms with E-state index in [9.17, 15) is 22.8 Å². The van der Waals surface area contributed by atoms with Crippen molar-refractivity contribution in [3.8, 4) is 17.0 Å². The van der Waals surface area contributed by atoms with Crippen LogP contribution >= 0.6 is 11.3 Å². The highest BCUT2D eigenvalue weighted by Gasteiger charge is 2.14. The van der Waals surface area contributed by atoms with Crippen molar-refractivity contribution in [3.63, 3.8) is 0 Å². The van der Waals surface area contributed by atoms with Crippen LogP contribution in [0.4, 0.5) is 18.3 Å². The number of halogens is 3. The van der Waals surface area contributed by atoms with Crippen LogP contribution in [0.25, 0.3) is 22.2 Å². The fraction of sp³-hybridized carbons (Fsp3) is 0.143. The quantitative estimate of drug-likeness (QED) is 0.466. The number of benzene rings is 2. The van der Waals surface area contributed by atoms with Crippen molar-refractivity contribution >= 4 is 33.3 Å². The Labute approximate surface area is 183 Å². The van der Waals surface area contributed by atoms with E-state index in [0.29, 0.717) is 21.9 Å². The molecule has 11 heteroatoms. The third-order valence-corrected chi connectivity index (χ3v) is 5.38. The molecule has 0 spiro atoms. The monoisotopic (exact) mass is 460 g/mol. The highest BCUT2D eigenvalue weighted by Crippen LogP contribution is 2.31. The van der Waals surface area contributed by atoms with Crippen LogP contribution in [0, 0.1) is 12.7 Å². The molecule has 2 heterocycles. The number of hydrogen-bond donors (Lipinski definition) is 1. The number of rotatable bonds is 6. The number of hydrogen-bond acceptors (Lipinski definition) is 6. The van der Waals surface area contributed by atoms with Gasteiger partial charge in [0.1, 0.15) is 18.1 Å². The standard InChI is InChI=1S/C21H15F3N4O3S/c1-11-18(12-2-5-14(6-3-12)31-20(23)24)27-21(32-11)26-17(29)9-28-10-25-16-7-4-13(22)8-15(16)19(28)30/h2-8,10,20H,9H2,1H3,(H,26,27,29). The molecule has 164 valence electrons. The van der Waals surface area contributed by atoms with E-state index in [1.165, 1.54) is 41.9 Å². The Balaban J connectivity index is 1.49. The van der Waals surface area contributed by atoms with Gasteiger partial charge < -0.3 is 10.1 Å². The normalized spacial score (nSPS) is 11.2. The number of aryl methyl sites for hydroxylation is 1. The second-order valence-corrected chi connectivity index (χ2v) is 7.92. The number of thiazole rings is 1. The fourth-order valence-corrected chi connectivity index (χ4v) is 3.92. The summed E-state index contributed by atoms with van der Waals surface area (Å²) in [5.74, 6) is -1.05. The minimum atomic E-state index is -2.91. The molecule has 0 aliphatic rings. The van der Waals surface area contributed by atoms with Crippen LogP contribution in [0.3, 0.4) is 0 Å². The fourth-order valence-electron chi connectivity index (χ4n) is 3.07. The van der Waals surface area contributed by atoms with Crippen LogP contribution in [0.1, 0.15) is 4.88 Å². The second-order valence-electron chi connectivity index (χ2n) is 6.71. The molecular formula is C21H15F3N4O3S. The summed E-state index contributed by atoms with van der Waals surface area (Å²) in [4.78, 5) is 34.2. The second kappa shape index (κ2) is 8.79. The van der Waals surface area contributed by atoms with Gasteiger partial charge in [0.2, 0.25) is 5.91 Å². The van der Waals surface area contributed by atoms with Gasteiger partial charge in [0.25, 0.3) is 5.56 Å². The van der Waals surface area contributed by atoms with Crippen molar-refractivity contribution in [1.82, 2.24) is 14.5 Å². The molecule has 0 fully saturated rings. The number of carbonyl (C=O) groups excluding carboxylic acids is 1. The van der Waals surface area contributed by atoms with Crippen molar-refractivity contribution in [1.29, 1.82) is 0 Å². The summed E-state index contributed by atoms with van der Waals surface area (Å²) < 4.78 is 43.5. The molecule has 0 atom stereocenters. The van der Waals surface area contributed by atoms with Gasteiger partial charge in [-0.15, -0.1) is 11.3 Å². The minimum Gasteiger partial charge on any atom is -0.435 e. The van der Waals surface area contributed by atoms with Crippen LogP contribution in [0.2, 0.25) is 0 Å². The average Bonchev–Trinajstić information content (AvgIpc) is 3.10. The van der Waals surface area contributed by atoms with Gasteiger partial charge in [-0.3, -0.25) is 14.2 Å². The number of aromatic nitrogens is 3. The molecule has 0 radical (unpaired) electrons. The van der Waals surface area contributed by atoms with Gasteiger partial charge in [-0.1, -0.05) is 0 Å². The van der Waals surface area contributed by atoms with Crippen molar-refractivity contribution in [2.24, 2.45) is 0 Å². The van der Waals surface area contributed by atoms with Gasteiger partial charge in [-0.25, -0.2) is 14.4 Å². The van der Waals surface area contributed by atoms with Gasteiger partial charge >= 0.3 is 6.61 Å². The largest absolute Gasteiger partial charge is 0.435 e. The smallest absolute Gasteiger partial charge is 0.387 e. The number of nitrogens with zero attached hydrogens (tertiary/aromatic N) is 3. The zero-order chi connectivity index (χ0) is 22.8. The van der Waals surface area contributed by atoms with E-state index in [4.69, 9.17) is 0 Å². The zero-order valence-corrected chi connectivity index (χ0v) is 17.3. The van der Waals surface area contributed by atoms with E-state index >= 15 is 0 Å². The lowest BCUT2D eigenvalue weighted by Gasteiger charge is -2.06. The zero-order valence-electron chi connectivity index (χ0n) is 16.5. The van der Waals surface area contributed by atoms with Gasteiger partial charge in [-0.05, 0) is 49.4 Å². The summed E-state index contributed by atoms with van der Waals surface area (Å²) in [6.07, 6.45) is 1.23. The number of carbonyl (C=O) groups is 1. The topological polar surface area (TPSA) is 86.1 Å².